The number of fused-ring (bicyclic) bond motifs is 1. The van der Waals surface area contributed by atoms with Crippen LogP contribution >= 0.6 is 0 Å². The molecule has 48 heavy (non-hydrogen) atoms. The Bertz CT molecular complexity index is 1380. The number of aromatic nitrogens is 2. The number of hydrogen-bond donors (Lipinski definition) is 9. The summed E-state index contributed by atoms with van der Waals surface area (Å²) in [6.45, 7) is 4.64. The Morgan fingerprint density at radius 3 is 1.96 bits per heavy atom. The van der Waals surface area contributed by atoms with Gasteiger partial charge in [-0.05, 0) is 32.1 Å². The summed E-state index contributed by atoms with van der Waals surface area (Å²) in [4.78, 5) is 112. The SMILES string of the molecule is CC(C)C[C@@H]1NC(=O)[C@@H](Cc2cnc[nH]2)NC(=O)[C@H]2CCCN2C(=O)[C@@H](CC(=O)O)NC(=O)[C@H]([C@@H](C)O)NC(=O)[C@@H](CC(=O)O)NC1=O. The van der Waals surface area contributed by atoms with Crippen LogP contribution < -0.4 is 26.6 Å². The van der Waals surface area contributed by atoms with E-state index in [1.54, 1.807) is 13.8 Å². The molecule has 9 N–H and O–H groups in total. The van der Waals surface area contributed by atoms with Gasteiger partial charge in [0.05, 0.1) is 25.3 Å². The number of imidazole rings is 1. The van der Waals surface area contributed by atoms with E-state index in [-0.39, 0.29) is 31.7 Å². The fourth-order valence-electron chi connectivity index (χ4n) is 5.52. The first-order valence-corrected chi connectivity index (χ1v) is 15.5. The number of carboxylic acids is 2. The van der Waals surface area contributed by atoms with Crippen molar-refractivity contribution >= 4 is 47.4 Å². The molecule has 1 aromatic rings. The highest BCUT2D eigenvalue weighted by atomic mass is 16.4. The maximum absolute atomic E-state index is 13.7. The number of H-pyrrole nitrogens is 1. The number of nitrogens with zero attached hydrogens (tertiary/aromatic N) is 2. The predicted molar refractivity (Wildman–Crippen MR) is 162 cm³/mol. The fraction of sp³-hybridized carbons (Fsp3) is 0.621. The van der Waals surface area contributed by atoms with Gasteiger partial charge in [-0.15, -0.1) is 0 Å². The Morgan fingerprint density at radius 2 is 1.38 bits per heavy atom. The molecule has 3 rings (SSSR count). The lowest BCUT2D eigenvalue weighted by Gasteiger charge is -2.31. The molecule has 3 heterocycles. The van der Waals surface area contributed by atoms with Crippen LogP contribution in [0.5, 0.6) is 0 Å². The van der Waals surface area contributed by atoms with E-state index in [9.17, 15) is 53.7 Å². The molecule has 0 spiro atoms. The van der Waals surface area contributed by atoms with Crippen LogP contribution in [0.25, 0.3) is 0 Å². The van der Waals surface area contributed by atoms with Crippen LogP contribution in [0.4, 0.5) is 0 Å². The molecule has 0 saturated carbocycles. The summed E-state index contributed by atoms with van der Waals surface area (Å²) in [6, 6.07) is -9.12. The van der Waals surface area contributed by atoms with Crippen LogP contribution in [-0.2, 0) is 44.8 Å². The summed E-state index contributed by atoms with van der Waals surface area (Å²) in [5.41, 5.74) is 0.442. The molecule has 1 aromatic heterocycles. The van der Waals surface area contributed by atoms with Gasteiger partial charge in [0.25, 0.3) is 0 Å². The quantitative estimate of drug-likeness (QED) is 0.125. The Balaban J connectivity index is 2.09. The van der Waals surface area contributed by atoms with Crippen LogP contribution in [-0.4, -0.2) is 126 Å². The van der Waals surface area contributed by atoms with Crippen molar-refractivity contribution in [1.29, 1.82) is 0 Å². The van der Waals surface area contributed by atoms with Crippen molar-refractivity contribution in [1.82, 2.24) is 41.5 Å². The normalized spacial score (nSPS) is 27.1. The highest BCUT2D eigenvalue weighted by Crippen LogP contribution is 2.20. The lowest BCUT2D eigenvalue weighted by Crippen LogP contribution is -2.63. The molecular formula is C29H42N8O11. The smallest absolute Gasteiger partial charge is 0.305 e. The first kappa shape index (κ1) is 37.4. The summed E-state index contributed by atoms with van der Waals surface area (Å²) in [5, 5.41) is 41.2. The number of aliphatic hydroxyl groups excluding tert-OH is 1. The van der Waals surface area contributed by atoms with Crippen molar-refractivity contribution in [2.24, 2.45) is 5.92 Å². The van der Waals surface area contributed by atoms with E-state index in [2.05, 4.69) is 36.6 Å². The molecule has 0 unspecified atom stereocenters. The highest BCUT2D eigenvalue weighted by Gasteiger charge is 2.41. The van der Waals surface area contributed by atoms with E-state index in [1.807, 2.05) is 0 Å². The molecule has 19 heteroatoms. The van der Waals surface area contributed by atoms with Crippen molar-refractivity contribution in [2.75, 3.05) is 6.54 Å². The van der Waals surface area contributed by atoms with Gasteiger partial charge in [-0.2, -0.15) is 0 Å². The first-order valence-electron chi connectivity index (χ1n) is 15.5. The van der Waals surface area contributed by atoms with Gasteiger partial charge >= 0.3 is 11.9 Å². The number of aliphatic carboxylic acids is 2. The number of hydrogen-bond acceptors (Lipinski definition) is 10. The molecule has 2 aliphatic rings. The lowest BCUT2D eigenvalue weighted by atomic mass is 10.0. The minimum atomic E-state index is -1.82. The number of carboxylic acid groups (broad SMARTS) is 2. The van der Waals surface area contributed by atoms with Crippen molar-refractivity contribution in [3.8, 4) is 0 Å². The van der Waals surface area contributed by atoms with Gasteiger partial charge in [0, 0.05) is 24.9 Å². The Morgan fingerprint density at radius 1 is 0.812 bits per heavy atom. The van der Waals surface area contributed by atoms with E-state index in [0.29, 0.717) is 12.1 Å². The monoisotopic (exact) mass is 678 g/mol. The van der Waals surface area contributed by atoms with Gasteiger partial charge in [0.2, 0.25) is 35.4 Å². The van der Waals surface area contributed by atoms with Crippen molar-refractivity contribution < 1.29 is 53.7 Å². The zero-order valence-electron chi connectivity index (χ0n) is 26.7. The van der Waals surface area contributed by atoms with Crippen molar-refractivity contribution in [2.45, 2.75) is 102 Å². The topological polar surface area (TPSA) is 289 Å². The van der Waals surface area contributed by atoms with Crippen molar-refractivity contribution in [3.63, 3.8) is 0 Å². The van der Waals surface area contributed by atoms with Gasteiger partial charge in [-0.1, -0.05) is 13.8 Å². The molecule has 0 radical (unpaired) electrons. The van der Waals surface area contributed by atoms with E-state index in [0.717, 1.165) is 11.8 Å². The summed E-state index contributed by atoms with van der Waals surface area (Å²) < 4.78 is 0. The third-order valence-electron chi connectivity index (χ3n) is 7.86. The minimum Gasteiger partial charge on any atom is -0.481 e. The lowest BCUT2D eigenvalue weighted by molar-refractivity contribution is -0.147. The van der Waals surface area contributed by atoms with Crippen LogP contribution in [0.15, 0.2) is 12.5 Å². The maximum Gasteiger partial charge on any atom is 0.305 e. The molecule has 0 bridgehead atoms. The first-order chi connectivity index (χ1) is 22.6. The molecule has 19 nitrogen and oxygen atoms in total. The van der Waals surface area contributed by atoms with Gasteiger partial charge in [0.1, 0.15) is 36.3 Å². The second kappa shape index (κ2) is 16.7. The van der Waals surface area contributed by atoms with E-state index < -0.39 is 103 Å². The number of amides is 6. The van der Waals surface area contributed by atoms with E-state index in [4.69, 9.17) is 0 Å². The predicted octanol–water partition coefficient (Wildman–Crippen LogP) is -3.24. The number of aromatic amines is 1. The van der Waals surface area contributed by atoms with Crippen LogP contribution in [0.2, 0.25) is 0 Å². The number of rotatable bonds is 9. The number of aliphatic hydroxyl groups is 1. The molecule has 7 atom stereocenters. The molecule has 2 aliphatic heterocycles. The maximum atomic E-state index is 13.7. The Kier molecular flexibility index (Phi) is 13.0. The van der Waals surface area contributed by atoms with Crippen LogP contribution in [0.3, 0.4) is 0 Å². The Hall–Kier alpha value is -5.07. The minimum absolute atomic E-state index is 0.0182. The second-order valence-electron chi connectivity index (χ2n) is 12.3. The van der Waals surface area contributed by atoms with Gasteiger partial charge in [0.15, 0.2) is 0 Å². The molecule has 264 valence electrons. The molecule has 0 aromatic carbocycles. The third kappa shape index (κ3) is 10.2. The molecule has 0 aliphatic carbocycles. The van der Waals surface area contributed by atoms with Gasteiger partial charge in [-0.3, -0.25) is 38.4 Å². The largest absolute Gasteiger partial charge is 0.481 e. The summed E-state index contributed by atoms with van der Waals surface area (Å²) in [5.74, 6) is -8.95. The average Bonchev–Trinajstić information content (AvgIpc) is 3.69. The van der Waals surface area contributed by atoms with Gasteiger partial charge < -0.3 is 51.8 Å². The Labute approximate surface area is 275 Å². The van der Waals surface area contributed by atoms with Crippen LogP contribution in [0.1, 0.15) is 58.6 Å². The zero-order valence-corrected chi connectivity index (χ0v) is 26.7. The molecular weight excluding hydrogens is 636 g/mol. The summed E-state index contributed by atoms with van der Waals surface area (Å²) >= 11 is 0. The summed E-state index contributed by atoms with van der Waals surface area (Å²) in [6.07, 6.45) is -0.319. The van der Waals surface area contributed by atoms with Gasteiger partial charge in [-0.25, -0.2) is 4.98 Å². The summed E-state index contributed by atoms with van der Waals surface area (Å²) in [7, 11) is 0. The van der Waals surface area contributed by atoms with E-state index >= 15 is 0 Å². The highest BCUT2D eigenvalue weighted by molar-refractivity contribution is 5.99. The van der Waals surface area contributed by atoms with Crippen molar-refractivity contribution in [3.05, 3.63) is 18.2 Å². The average molecular weight is 679 g/mol. The fourth-order valence-corrected chi connectivity index (χ4v) is 5.52. The molecule has 2 fully saturated rings. The zero-order chi connectivity index (χ0) is 35.7. The number of carbonyl (C=O) groups excluding carboxylic acids is 6. The second-order valence-corrected chi connectivity index (χ2v) is 12.3. The standard InChI is InChI=1S/C29H42N8O11/c1-13(2)7-16-24(43)33-18(9-21(39)40)26(45)36-23(14(3)38)28(47)35-19(10-22(41)42)29(48)37-6-4-5-20(37)27(46)34-17(25(44)32-16)8-15-11-30-12-31-15/h11-14,16-20,23,38H,4-10H2,1-3H3,(H,30,31)(H,32,44)(H,33,43)(H,34,46)(H,35,47)(H,36,45)(H,39,40)(H,41,42)/t14-,16+,17-,18-,19-,20-,23+/m1/s1. The third-order valence-corrected chi connectivity index (χ3v) is 7.86. The molecule has 6 amide bonds. The molecule has 2 saturated heterocycles. The van der Waals surface area contributed by atoms with E-state index in [1.165, 1.54) is 12.5 Å². The van der Waals surface area contributed by atoms with Crippen LogP contribution in [0, 0.1) is 5.92 Å². The number of carbonyl (C=O) groups is 8. The number of nitrogens with one attached hydrogen (secondary N) is 6.